The summed E-state index contributed by atoms with van der Waals surface area (Å²) in [5.41, 5.74) is 1.45. The van der Waals surface area contributed by atoms with Gasteiger partial charge in [0.2, 0.25) is 5.16 Å². The fourth-order valence-corrected chi connectivity index (χ4v) is 5.26. The van der Waals surface area contributed by atoms with Gasteiger partial charge in [-0.2, -0.15) is 8.78 Å². The van der Waals surface area contributed by atoms with Gasteiger partial charge in [0.05, 0.1) is 45.4 Å². The van der Waals surface area contributed by atoms with Crippen LogP contribution < -0.4 is 14.8 Å². The minimum absolute atomic E-state index is 0.0589. The quantitative estimate of drug-likeness (QED) is 0.125. The van der Waals surface area contributed by atoms with Crippen molar-refractivity contribution in [1.29, 1.82) is 0 Å². The molecule has 2 heterocycles. The zero-order valence-corrected chi connectivity index (χ0v) is 24.3. The molecule has 2 aromatic heterocycles. The zero-order valence-electron chi connectivity index (χ0n) is 23.5. The molecule has 0 aliphatic rings. The Balaban J connectivity index is 1.46. The van der Waals surface area contributed by atoms with E-state index in [1.807, 2.05) is 0 Å². The van der Waals surface area contributed by atoms with E-state index < -0.39 is 47.7 Å². The highest BCUT2D eigenvalue weighted by Gasteiger charge is 2.33. The SMILES string of the molecule is Cc1c(OC(F)(F)CF)ccnc1CS(=O)c1nc2c(C)cccc2n1C(=O)NCCOC(=O)c1ccc(OC(F)(F)F)cc1. The van der Waals surface area contributed by atoms with Gasteiger partial charge in [-0.1, -0.05) is 12.1 Å². The van der Waals surface area contributed by atoms with Crippen molar-refractivity contribution < 1.29 is 54.4 Å². The van der Waals surface area contributed by atoms with E-state index in [1.165, 1.54) is 6.92 Å². The van der Waals surface area contributed by atoms with Crippen molar-refractivity contribution in [2.24, 2.45) is 0 Å². The first-order chi connectivity index (χ1) is 21.2. The predicted octanol–water partition coefficient (Wildman–Crippen LogP) is 5.61. The number of aryl methyl sites for hydroxylation is 1. The molecule has 4 aromatic rings. The summed E-state index contributed by atoms with van der Waals surface area (Å²) in [6, 6.07) is 9.33. The maximum atomic E-state index is 13.5. The van der Waals surface area contributed by atoms with Crippen molar-refractivity contribution in [3.63, 3.8) is 0 Å². The van der Waals surface area contributed by atoms with E-state index in [-0.39, 0.29) is 46.6 Å². The monoisotopic (exact) mass is 658 g/mol. The minimum Gasteiger partial charge on any atom is -0.460 e. The number of esters is 1. The van der Waals surface area contributed by atoms with Gasteiger partial charge in [-0.05, 0) is 55.8 Å². The molecule has 1 N–H and O–H groups in total. The number of halogens is 6. The molecule has 1 amide bonds. The summed E-state index contributed by atoms with van der Waals surface area (Å²) in [7, 11) is -2.05. The van der Waals surface area contributed by atoms with Crippen LogP contribution >= 0.6 is 0 Å². The number of aromatic nitrogens is 3. The standard InChI is InChI=1S/C28H24F6N4O6S/c1-16-4-3-5-21-23(16)37-26(45(41)14-20-17(2)22(10-11-35-20)44-27(30,31)15-29)38(21)25(40)36-12-13-42-24(39)18-6-8-19(9-7-18)43-28(32,33)34/h3-11H,12-15H2,1-2H3,(H,36,40). The third-order valence-corrected chi connectivity index (χ3v) is 7.36. The fraction of sp³-hybridized carbons (Fsp3) is 0.286. The first-order valence-corrected chi connectivity index (χ1v) is 14.3. The first-order valence-electron chi connectivity index (χ1n) is 12.9. The van der Waals surface area contributed by atoms with Gasteiger partial charge in [-0.15, -0.1) is 13.2 Å². The van der Waals surface area contributed by atoms with Gasteiger partial charge in [-0.3, -0.25) is 9.19 Å². The molecule has 0 saturated carbocycles. The van der Waals surface area contributed by atoms with E-state index in [0.717, 1.165) is 41.1 Å². The van der Waals surface area contributed by atoms with Gasteiger partial charge in [0.25, 0.3) is 0 Å². The molecule has 240 valence electrons. The van der Waals surface area contributed by atoms with Crippen molar-refractivity contribution in [3.8, 4) is 11.5 Å². The summed E-state index contributed by atoms with van der Waals surface area (Å²) in [4.78, 5) is 34.0. The second kappa shape index (κ2) is 13.5. The fourth-order valence-electron chi connectivity index (χ4n) is 4.02. The number of pyridine rings is 1. The Hall–Kier alpha value is -4.67. The number of hydrogen-bond acceptors (Lipinski definition) is 8. The van der Waals surface area contributed by atoms with Gasteiger partial charge >= 0.3 is 24.5 Å². The van der Waals surface area contributed by atoms with Gasteiger partial charge in [0.1, 0.15) is 18.1 Å². The maximum absolute atomic E-state index is 13.5. The van der Waals surface area contributed by atoms with E-state index in [1.54, 1.807) is 25.1 Å². The van der Waals surface area contributed by atoms with Crippen molar-refractivity contribution in [1.82, 2.24) is 19.9 Å². The van der Waals surface area contributed by atoms with Crippen LogP contribution in [-0.2, 0) is 21.3 Å². The van der Waals surface area contributed by atoms with E-state index in [0.29, 0.717) is 16.6 Å². The third-order valence-electron chi connectivity index (χ3n) is 6.14. The largest absolute Gasteiger partial charge is 0.573 e. The molecule has 45 heavy (non-hydrogen) atoms. The summed E-state index contributed by atoms with van der Waals surface area (Å²) < 4.78 is 104. The number of carbonyl (C=O) groups is 2. The highest BCUT2D eigenvalue weighted by Crippen LogP contribution is 2.29. The lowest BCUT2D eigenvalue weighted by atomic mass is 10.2. The highest BCUT2D eigenvalue weighted by molar-refractivity contribution is 7.84. The van der Waals surface area contributed by atoms with Crippen molar-refractivity contribution >= 4 is 33.8 Å². The Bertz CT molecular complexity index is 1730. The number of para-hydroxylation sites is 1. The van der Waals surface area contributed by atoms with Crippen molar-refractivity contribution in [2.75, 3.05) is 19.8 Å². The number of hydrogen-bond donors (Lipinski definition) is 1. The molecule has 17 heteroatoms. The van der Waals surface area contributed by atoms with Crippen LogP contribution in [0.3, 0.4) is 0 Å². The highest BCUT2D eigenvalue weighted by atomic mass is 32.2. The molecule has 0 bridgehead atoms. The number of imidazole rings is 1. The summed E-state index contributed by atoms with van der Waals surface area (Å²) in [5, 5.41) is 2.34. The Labute approximate surface area is 253 Å². The van der Waals surface area contributed by atoms with Crippen LogP contribution in [0, 0.1) is 13.8 Å². The van der Waals surface area contributed by atoms with E-state index in [9.17, 15) is 40.1 Å². The number of nitrogens with zero attached hydrogens (tertiary/aromatic N) is 3. The van der Waals surface area contributed by atoms with Crippen LogP contribution in [0.5, 0.6) is 11.5 Å². The number of fused-ring (bicyclic) bond motifs is 1. The molecule has 10 nitrogen and oxygen atoms in total. The van der Waals surface area contributed by atoms with Crippen molar-refractivity contribution in [2.45, 2.75) is 37.2 Å². The number of amides is 1. The van der Waals surface area contributed by atoms with Gasteiger partial charge < -0.3 is 19.5 Å². The van der Waals surface area contributed by atoms with Gasteiger partial charge in [-0.25, -0.2) is 23.5 Å². The summed E-state index contributed by atoms with van der Waals surface area (Å²) >= 11 is 0. The van der Waals surface area contributed by atoms with Crippen LogP contribution in [0.4, 0.5) is 31.1 Å². The number of alkyl halides is 6. The number of benzene rings is 2. The average molecular weight is 659 g/mol. The molecule has 2 aromatic carbocycles. The summed E-state index contributed by atoms with van der Waals surface area (Å²) in [6.07, 6.45) is -7.83. The predicted molar refractivity (Wildman–Crippen MR) is 147 cm³/mol. The van der Waals surface area contributed by atoms with Gasteiger partial charge in [0.15, 0.2) is 6.67 Å². The Morgan fingerprint density at radius 1 is 1.00 bits per heavy atom. The van der Waals surface area contributed by atoms with Crippen LogP contribution in [0.2, 0.25) is 0 Å². The molecule has 0 aliphatic heterocycles. The van der Waals surface area contributed by atoms with E-state index in [2.05, 4.69) is 24.8 Å². The van der Waals surface area contributed by atoms with Crippen LogP contribution in [0.25, 0.3) is 11.0 Å². The van der Waals surface area contributed by atoms with Crippen LogP contribution in [-0.4, -0.2) is 63.0 Å². The third kappa shape index (κ3) is 8.29. The van der Waals surface area contributed by atoms with Crippen molar-refractivity contribution in [3.05, 3.63) is 77.1 Å². The molecule has 1 atom stereocenters. The molecule has 1 unspecified atom stereocenters. The minimum atomic E-state index is -4.89. The molecule has 0 radical (unpaired) electrons. The van der Waals surface area contributed by atoms with Gasteiger partial charge in [0, 0.05) is 11.8 Å². The lowest BCUT2D eigenvalue weighted by Crippen LogP contribution is -2.33. The number of ether oxygens (including phenoxy) is 3. The normalized spacial score (nSPS) is 12.5. The maximum Gasteiger partial charge on any atom is 0.573 e. The smallest absolute Gasteiger partial charge is 0.460 e. The summed E-state index contributed by atoms with van der Waals surface area (Å²) in [6.45, 7) is 0.523. The molecule has 0 fully saturated rings. The second-order valence-corrected chi connectivity index (χ2v) is 10.7. The van der Waals surface area contributed by atoms with E-state index >= 15 is 0 Å². The second-order valence-electron chi connectivity index (χ2n) is 9.36. The van der Waals surface area contributed by atoms with Crippen LogP contribution in [0.1, 0.15) is 27.2 Å². The summed E-state index contributed by atoms with van der Waals surface area (Å²) in [5.74, 6) is -2.11. The first kappa shape index (κ1) is 33.2. The lowest BCUT2D eigenvalue weighted by Gasteiger charge is -2.17. The lowest BCUT2D eigenvalue weighted by molar-refractivity contribution is -0.274. The molecule has 0 aliphatic carbocycles. The Morgan fingerprint density at radius 2 is 1.71 bits per heavy atom. The molecule has 0 saturated heterocycles. The topological polar surface area (TPSA) is 122 Å². The van der Waals surface area contributed by atoms with E-state index in [4.69, 9.17) is 4.74 Å². The molecule has 0 spiro atoms. The Morgan fingerprint density at radius 3 is 2.38 bits per heavy atom. The van der Waals surface area contributed by atoms with Crippen LogP contribution in [0.15, 0.2) is 59.9 Å². The molecular weight excluding hydrogens is 634 g/mol. The number of nitrogens with one attached hydrogen (secondary N) is 1. The molecular formula is C28H24F6N4O6S. The molecule has 4 rings (SSSR count). The Kier molecular flexibility index (Phi) is 10.00. The number of rotatable bonds is 11. The number of carbonyl (C=O) groups excluding carboxylic acids is 2. The zero-order chi connectivity index (χ0) is 32.9. The average Bonchev–Trinajstić information content (AvgIpc) is 3.38.